The highest BCUT2D eigenvalue weighted by atomic mass is 16.5. The van der Waals surface area contributed by atoms with Crippen LogP contribution in [0.4, 0.5) is 0 Å². The molecule has 4 nitrogen and oxygen atoms in total. The molecule has 0 atom stereocenters. The summed E-state index contributed by atoms with van der Waals surface area (Å²) in [5.74, 6) is -0.337. The summed E-state index contributed by atoms with van der Waals surface area (Å²) in [6.45, 7) is 4.69. The van der Waals surface area contributed by atoms with Crippen LogP contribution in [-0.2, 0) is 20.9 Å². The number of carbonyl (C=O) groups is 1. The molecule has 1 rings (SSSR count). The molecule has 0 aliphatic carbocycles. The predicted octanol–water partition coefficient (Wildman–Crippen LogP) is 3.41. The van der Waals surface area contributed by atoms with Crippen LogP contribution in [0.5, 0.6) is 0 Å². The first-order chi connectivity index (χ1) is 11.1. The molecule has 0 amide bonds. The van der Waals surface area contributed by atoms with E-state index in [1.165, 1.54) is 18.1 Å². The standard InChI is InChI=1S/C19H26O4/c1-16(7-6-10-19(13-20)15-23-17(2)21)11-12-22-14-18-8-4-3-5-9-18/h3-5,8-11,20H,6-7,12-15H2,1-2H3/b16-11+,19-10+. The number of allylic oxidation sites excluding steroid dienone is 2. The number of esters is 1. The van der Waals surface area contributed by atoms with Gasteiger partial charge in [0.15, 0.2) is 0 Å². The SMILES string of the molecule is CC(=O)OC/C(=C/CC/C(C)=C/COCc1ccccc1)CO. The number of hydrogen-bond acceptors (Lipinski definition) is 4. The molecule has 1 N–H and O–H groups in total. The Morgan fingerprint density at radius 3 is 2.57 bits per heavy atom. The zero-order valence-corrected chi connectivity index (χ0v) is 14.0. The van der Waals surface area contributed by atoms with Crippen LogP contribution >= 0.6 is 0 Å². The second-order valence-electron chi connectivity index (χ2n) is 5.39. The maximum absolute atomic E-state index is 10.7. The summed E-state index contributed by atoms with van der Waals surface area (Å²) in [6.07, 6.45) is 5.68. The van der Waals surface area contributed by atoms with Crippen molar-refractivity contribution in [2.24, 2.45) is 0 Å². The number of rotatable bonds is 10. The maximum atomic E-state index is 10.7. The van der Waals surface area contributed by atoms with Crippen molar-refractivity contribution in [3.05, 3.63) is 59.2 Å². The van der Waals surface area contributed by atoms with E-state index in [9.17, 15) is 9.90 Å². The Morgan fingerprint density at radius 2 is 1.91 bits per heavy atom. The number of aliphatic hydroxyl groups excluding tert-OH is 1. The quantitative estimate of drug-likeness (QED) is 0.408. The molecule has 1 aromatic carbocycles. The first kappa shape index (κ1) is 19.1. The number of carbonyl (C=O) groups excluding carboxylic acids is 1. The lowest BCUT2D eigenvalue weighted by Gasteiger charge is -2.05. The Balaban J connectivity index is 2.23. The number of benzene rings is 1. The minimum atomic E-state index is -0.337. The fraction of sp³-hybridized carbons (Fsp3) is 0.421. The molecule has 0 aromatic heterocycles. The first-order valence-electron chi connectivity index (χ1n) is 7.81. The maximum Gasteiger partial charge on any atom is 0.302 e. The molecule has 0 radical (unpaired) electrons. The van der Waals surface area contributed by atoms with Crippen LogP contribution in [0, 0.1) is 0 Å². The lowest BCUT2D eigenvalue weighted by molar-refractivity contribution is -0.140. The van der Waals surface area contributed by atoms with Gasteiger partial charge < -0.3 is 14.6 Å². The zero-order valence-electron chi connectivity index (χ0n) is 14.0. The minimum absolute atomic E-state index is 0.0871. The van der Waals surface area contributed by atoms with E-state index in [4.69, 9.17) is 9.47 Å². The van der Waals surface area contributed by atoms with Gasteiger partial charge in [-0.1, -0.05) is 48.1 Å². The average molecular weight is 318 g/mol. The third kappa shape index (κ3) is 9.66. The average Bonchev–Trinajstić information content (AvgIpc) is 2.55. The molecule has 0 aliphatic rings. The molecule has 23 heavy (non-hydrogen) atoms. The third-order valence-corrected chi connectivity index (χ3v) is 3.30. The van der Waals surface area contributed by atoms with E-state index in [-0.39, 0.29) is 19.2 Å². The lowest BCUT2D eigenvalue weighted by Crippen LogP contribution is -2.06. The monoisotopic (exact) mass is 318 g/mol. The van der Waals surface area contributed by atoms with Crippen molar-refractivity contribution in [1.82, 2.24) is 0 Å². The Bertz CT molecular complexity index is 517. The molecule has 0 unspecified atom stereocenters. The van der Waals surface area contributed by atoms with E-state index in [1.54, 1.807) is 0 Å². The molecule has 0 saturated carbocycles. The van der Waals surface area contributed by atoms with E-state index < -0.39 is 0 Å². The van der Waals surface area contributed by atoms with Gasteiger partial charge in [0, 0.05) is 6.92 Å². The van der Waals surface area contributed by atoms with Gasteiger partial charge in [-0.05, 0) is 30.9 Å². The second-order valence-corrected chi connectivity index (χ2v) is 5.39. The number of aliphatic hydroxyl groups is 1. The molecule has 0 heterocycles. The highest BCUT2D eigenvalue weighted by molar-refractivity contribution is 5.66. The summed E-state index contributed by atoms with van der Waals surface area (Å²) in [5, 5.41) is 9.19. The van der Waals surface area contributed by atoms with Crippen molar-refractivity contribution >= 4 is 5.97 Å². The van der Waals surface area contributed by atoms with E-state index in [2.05, 4.69) is 13.0 Å². The summed E-state index contributed by atoms with van der Waals surface area (Å²) in [7, 11) is 0. The largest absolute Gasteiger partial charge is 0.461 e. The Kier molecular flexibility index (Phi) is 9.68. The lowest BCUT2D eigenvalue weighted by atomic mass is 10.1. The summed E-state index contributed by atoms with van der Waals surface area (Å²) < 4.78 is 10.5. The van der Waals surface area contributed by atoms with Gasteiger partial charge >= 0.3 is 5.97 Å². The van der Waals surface area contributed by atoms with Crippen LogP contribution in [0.2, 0.25) is 0 Å². The van der Waals surface area contributed by atoms with Gasteiger partial charge in [0.05, 0.1) is 19.8 Å². The molecule has 0 saturated heterocycles. The van der Waals surface area contributed by atoms with Crippen molar-refractivity contribution in [3.8, 4) is 0 Å². The first-order valence-corrected chi connectivity index (χ1v) is 7.81. The molecule has 0 aliphatic heterocycles. The topological polar surface area (TPSA) is 55.8 Å². The molecule has 0 bridgehead atoms. The van der Waals surface area contributed by atoms with Crippen molar-refractivity contribution in [1.29, 1.82) is 0 Å². The van der Waals surface area contributed by atoms with Crippen molar-refractivity contribution in [3.63, 3.8) is 0 Å². The van der Waals surface area contributed by atoms with Gasteiger partial charge in [-0.2, -0.15) is 0 Å². The van der Waals surface area contributed by atoms with Gasteiger partial charge in [0.25, 0.3) is 0 Å². The van der Waals surface area contributed by atoms with Crippen LogP contribution in [0.1, 0.15) is 32.3 Å². The van der Waals surface area contributed by atoms with Crippen LogP contribution in [-0.4, -0.2) is 30.9 Å². The van der Waals surface area contributed by atoms with Crippen molar-refractivity contribution in [2.75, 3.05) is 19.8 Å². The molecule has 4 heteroatoms. The highest BCUT2D eigenvalue weighted by Gasteiger charge is 1.99. The normalized spacial score (nSPS) is 12.3. The molecule has 0 spiro atoms. The van der Waals surface area contributed by atoms with E-state index in [1.807, 2.05) is 36.4 Å². The second kappa shape index (κ2) is 11.6. The Labute approximate surface area is 138 Å². The van der Waals surface area contributed by atoms with Crippen LogP contribution < -0.4 is 0 Å². The van der Waals surface area contributed by atoms with Gasteiger partial charge in [-0.25, -0.2) is 0 Å². The highest BCUT2D eigenvalue weighted by Crippen LogP contribution is 2.08. The zero-order chi connectivity index (χ0) is 16.9. The fourth-order valence-corrected chi connectivity index (χ4v) is 1.92. The number of ether oxygens (including phenoxy) is 2. The Morgan fingerprint density at radius 1 is 1.17 bits per heavy atom. The van der Waals surface area contributed by atoms with Gasteiger partial charge in [0.1, 0.15) is 6.61 Å². The Hall–Kier alpha value is -1.91. The fourth-order valence-electron chi connectivity index (χ4n) is 1.92. The van der Waals surface area contributed by atoms with Crippen LogP contribution in [0.3, 0.4) is 0 Å². The molecule has 126 valence electrons. The smallest absolute Gasteiger partial charge is 0.302 e. The van der Waals surface area contributed by atoms with Crippen molar-refractivity contribution < 1.29 is 19.4 Å². The molecule has 1 aromatic rings. The van der Waals surface area contributed by atoms with Gasteiger partial charge in [-0.3, -0.25) is 4.79 Å². The third-order valence-electron chi connectivity index (χ3n) is 3.30. The molecular weight excluding hydrogens is 292 g/mol. The van der Waals surface area contributed by atoms with Crippen LogP contribution in [0.15, 0.2) is 53.6 Å². The summed E-state index contributed by atoms with van der Waals surface area (Å²) in [4.78, 5) is 10.7. The van der Waals surface area contributed by atoms with Gasteiger partial charge in [-0.15, -0.1) is 0 Å². The summed E-state index contributed by atoms with van der Waals surface area (Å²) >= 11 is 0. The summed E-state index contributed by atoms with van der Waals surface area (Å²) in [5.41, 5.74) is 3.13. The molecular formula is C19H26O4. The van der Waals surface area contributed by atoms with E-state index in [0.717, 1.165) is 18.4 Å². The van der Waals surface area contributed by atoms with Crippen LogP contribution in [0.25, 0.3) is 0 Å². The predicted molar refractivity (Wildman–Crippen MR) is 90.9 cm³/mol. The van der Waals surface area contributed by atoms with Gasteiger partial charge in [0.2, 0.25) is 0 Å². The van der Waals surface area contributed by atoms with E-state index in [0.29, 0.717) is 13.2 Å². The van der Waals surface area contributed by atoms with Crippen molar-refractivity contribution in [2.45, 2.75) is 33.3 Å². The molecule has 0 fully saturated rings. The van der Waals surface area contributed by atoms with E-state index >= 15 is 0 Å². The summed E-state index contributed by atoms with van der Waals surface area (Å²) in [6, 6.07) is 10.1. The number of hydrogen-bond donors (Lipinski definition) is 1. The minimum Gasteiger partial charge on any atom is -0.461 e.